The Kier molecular flexibility index (Phi) is 4.55. The lowest BCUT2D eigenvalue weighted by Gasteiger charge is -2.32. The molecule has 0 unspecified atom stereocenters. The first-order valence-corrected chi connectivity index (χ1v) is 8.50. The first-order valence-electron chi connectivity index (χ1n) is 7.28. The maximum atomic E-state index is 12.8. The molecule has 1 amide bonds. The Balaban J connectivity index is 1.80. The van der Waals surface area contributed by atoms with Crippen LogP contribution in [-0.4, -0.2) is 36.8 Å². The minimum absolute atomic E-state index is 0.0632. The van der Waals surface area contributed by atoms with Gasteiger partial charge >= 0.3 is 0 Å². The second kappa shape index (κ2) is 6.58. The fourth-order valence-electron chi connectivity index (χ4n) is 2.61. The summed E-state index contributed by atoms with van der Waals surface area (Å²) in [6.07, 6.45) is 3.46. The number of ether oxygens (including phenoxy) is 1. The molecule has 0 N–H and O–H groups in total. The summed E-state index contributed by atoms with van der Waals surface area (Å²) in [5, 5.41) is 0. The summed E-state index contributed by atoms with van der Waals surface area (Å²) in [5.41, 5.74) is 1.77. The second-order valence-electron chi connectivity index (χ2n) is 5.31. The largest absolute Gasteiger partial charge is 0.467 e. The number of furan rings is 1. The maximum Gasteiger partial charge on any atom is 0.254 e. The number of benzene rings is 1. The number of hydrogen-bond acceptors (Lipinski definition) is 4. The molecule has 1 aliphatic rings. The third kappa shape index (κ3) is 3.05. The molecule has 0 bridgehead atoms. The topological polar surface area (TPSA) is 42.7 Å². The van der Waals surface area contributed by atoms with Crippen LogP contribution in [-0.2, 0) is 4.74 Å². The quantitative estimate of drug-likeness (QED) is 0.812. The van der Waals surface area contributed by atoms with Gasteiger partial charge in [-0.3, -0.25) is 4.79 Å². The fourth-order valence-corrected chi connectivity index (χ4v) is 3.05. The second-order valence-corrected chi connectivity index (χ2v) is 6.19. The van der Waals surface area contributed by atoms with Gasteiger partial charge in [0.1, 0.15) is 11.9 Å². The molecule has 1 atom stereocenters. The van der Waals surface area contributed by atoms with Crippen molar-refractivity contribution in [1.82, 2.24) is 4.90 Å². The van der Waals surface area contributed by atoms with Crippen molar-refractivity contribution in [3.63, 3.8) is 0 Å². The van der Waals surface area contributed by atoms with Crippen molar-refractivity contribution < 1.29 is 13.9 Å². The van der Waals surface area contributed by atoms with Crippen molar-refractivity contribution >= 4 is 17.7 Å². The number of aryl methyl sites for hydroxylation is 1. The molecule has 1 aliphatic heterocycles. The Morgan fingerprint density at radius 2 is 2.23 bits per heavy atom. The van der Waals surface area contributed by atoms with Gasteiger partial charge in [-0.05, 0) is 43.0 Å². The Bertz CT molecular complexity index is 654. The van der Waals surface area contributed by atoms with Crippen molar-refractivity contribution in [2.24, 2.45) is 0 Å². The summed E-state index contributed by atoms with van der Waals surface area (Å²) in [6, 6.07) is 9.74. The molecule has 1 fully saturated rings. The predicted molar refractivity (Wildman–Crippen MR) is 86.3 cm³/mol. The summed E-state index contributed by atoms with van der Waals surface area (Å²) in [4.78, 5) is 15.8. The predicted octanol–water partition coefficient (Wildman–Crippen LogP) is 3.52. The van der Waals surface area contributed by atoms with Crippen molar-refractivity contribution in [1.29, 1.82) is 0 Å². The highest BCUT2D eigenvalue weighted by atomic mass is 32.2. The van der Waals surface area contributed by atoms with E-state index < -0.39 is 0 Å². The van der Waals surface area contributed by atoms with Gasteiger partial charge in [-0.2, -0.15) is 0 Å². The van der Waals surface area contributed by atoms with Gasteiger partial charge in [-0.25, -0.2) is 0 Å². The molecule has 2 aromatic rings. The fraction of sp³-hybridized carbons (Fsp3) is 0.353. The van der Waals surface area contributed by atoms with Gasteiger partial charge in [0.2, 0.25) is 0 Å². The van der Waals surface area contributed by atoms with Crippen LogP contribution in [0.4, 0.5) is 0 Å². The number of carbonyl (C=O) groups excluding carboxylic acids is 1. The summed E-state index contributed by atoms with van der Waals surface area (Å²) >= 11 is 1.64. The number of hydrogen-bond donors (Lipinski definition) is 0. The van der Waals surface area contributed by atoms with E-state index in [0.717, 1.165) is 21.8 Å². The monoisotopic (exact) mass is 317 g/mol. The Morgan fingerprint density at radius 3 is 2.95 bits per heavy atom. The molecule has 0 radical (unpaired) electrons. The SMILES string of the molecule is CSc1ccc(C)c(C(=O)N2CCO[C@H](c3ccco3)C2)c1. The Hall–Kier alpha value is -1.72. The zero-order chi connectivity index (χ0) is 15.5. The lowest BCUT2D eigenvalue weighted by molar-refractivity contribution is -0.0321. The molecule has 3 rings (SSSR count). The highest BCUT2D eigenvalue weighted by Crippen LogP contribution is 2.25. The van der Waals surface area contributed by atoms with Crippen molar-refractivity contribution in [2.75, 3.05) is 26.0 Å². The molecule has 1 aromatic heterocycles. The van der Waals surface area contributed by atoms with Crippen molar-refractivity contribution in [2.45, 2.75) is 17.9 Å². The lowest BCUT2D eigenvalue weighted by Crippen LogP contribution is -2.42. The van der Waals surface area contributed by atoms with Crippen LogP contribution in [0.5, 0.6) is 0 Å². The van der Waals surface area contributed by atoms with Gasteiger partial charge in [0, 0.05) is 17.0 Å². The minimum atomic E-state index is -0.184. The van der Waals surface area contributed by atoms with Crippen molar-refractivity contribution in [3.05, 3.63) is 53.5 Å². The van der Waals surface area contributed by atoms with Crippen LogP contribution < -0.4 is 0 Å². The minimum Gasteiger partial charge on any atom is -0.467 e. The Labute approximate surface area is 134 Å². The van der Waals surface area contributed by atoms with Crippen LogP contribution in [0.25, 0.3) is 0 Å². The van der Waals surface area contributed by atoms with Crippen LogP contribution in [0.15, 0.2) is 45.9 Å². The van der Waals surface area contributed by atoms with E-state index in [-0.39, 0.29) is 12.0 Å². The summed E-state index contributed by atoms with van der Waals surface area (Å²) < 4.78 is 11.1. The van der Waals surface area contributed by atoms with E-state index in [2.05, 4.69) is 0 Å². The molecule has 116 valence electrons. The third-order valence-electron chi connectivity index (χ3n) is 3.89. The van der Waals surface area contributed by atoms with Crippen LogP contribution in [0.1, 0.15) is 27.8 Å². The van der Waals surface area contributed by atoms with E-state index in [4.69, 9.17) is 9.15 Å². The van der Waals surface area contributed by atoms with E-state index in [1.165, 1.54) is 0 Å². The molecule has 2 heterocycles. The summed E-state index contributed by atoms with van der Waals surface area (Å²) in [7, 11) is 0. The highest BCUT2D eigenvalue weighted by molar-refractivity contribution is 7.98. The first kappa shape index (κ1) is 15.2. The van der Waals surface area contributed by atoms with E-state index in [1.54, 1.807) is 18.0 Å². The molecule has 0 saturated carbocycles. The van der Waals surface area contributed by atoms with E-state index in [1.807, 2.05) is 48.4 Å². The highest BCUT2D eigenvalue weighted by Gasteiger charge is 2.28. The normalized spacial score (nSPS) is 18.5. The van der Waals surface area contributed by atoms with E-state index >= 15 is 0 Å². The maximum absolute atomic E-state index is 12.8. The molecule has 5 heteroatoms. The van der Waals surface area contributed by atoms with Crippen molar-refractivity contribution in [3.8, 4) is 0 Å². The molecular formula is C17H19NO3S. The van der Waals surface area contributed by atoms with E-state index in [0.29, 0.717) is 19.7 Å². The van der Waals surface area contributed by atoms with Gasteiger partial charge in [0.05, 0.1) is 19.4 Å². The Morgan fingerprint density at radius 1 is 1.36 bits per heavy atom. The van der Waals surface area contributed by atoms with Crippen LogP contribution >= 0.6 is 11.8 Å². The molecular weight excluding hydrogens is 298 g/mol. The average Bonchev–Trinajstić information content (AvgIpc) is 3.09. The summed E-state index contributed by atoms with van der Waals surface area (Å²) in [5.74, 6) is 0.834. The molecule has 1 saturated heterocycles. The lowest BCUT2D eigenvalue weighted by atomic mass is 10.1. The van der Waals surface area contributed by atoms with E-state index in [9.17, 15) is 4.79 Å². The van der Waals surface area contributed by atoms with Gasteiger partial charge in [-0.15, -0.1) is 11.8 Å². The molecule has 4 nitrogen and oxygen atoms in total. The van der Waals surface area contributed by atoms with Gasteiger partial charge in [0.15, 0.2) is 0 Å². The summed E-state index contributed by atoms with van der Waals surface area (Å²) in [6.45, 7) is 3.63. The number of thioether (sulfide) groups is 1. The smallest absolute Gasteiger partial charge is 0.254 e. The zero-order valence-corrected chi connectivity index (χ0v) is 13.6. The standard InChI is InChI=1S/C17H19NO3S/c1-12-5-6-13(22-2)10-14(12)17(19)18-7-9-21-16(11-18)15-4-3-8-20-15/h3-6,8,10,16H,7,9,11H2,1-2H3/t16-/m0/s1. The van der Waals surface area contributed by atoms with Crippen LogP contribution in [0, 0.1) is 6.92 Å². The number of carbonyl (C=O) groups is 1. The molecule has 0 spiro atoms. The van der Waals surface area contributed by atoms with Gasteiger partial charge in [0.25, 0.3) is 5.91 Å². The van der Waals surface area contributed by atoms with Crippen LogP contribution in [0.3, 0.4) is 0 Å². The number of rotatable bonds is 3. The molecule has 1 aromatic carbocycles. The zero-order valence-electron chi connectivity index (χ0n) is 12.7. The molecule has 0 aliphatic carbocycles. The number of amides is 1. The van der Waals surface area contributed by atoms with Crippen LogP contribution in [0.2, 0.25) is 0 Å². The van der Waals surface area contributed by atoms with Gasteiger partial charge in [-0.1, -0.05) is 6.07 Å². The average molecular weight is 317 g/mol. The molecule has 22 heavy (non-hydrogen) atoms. The number of morpholine rings is 1. The first-order chi connectivity index (χ1) is 10.7. The third-order valence-corrected chi connectivity index (χ3v) is 4.61. The van der Waals surface area contributed by atoms with Gasteiger partial charge < -0.3 is 14.1 Å². The number of nitrogens with zero attached hydrogens (tertiary/aromatic N) is 1.